The number of anilines is 1. The third kappa shape index (κ3) is 3.41. The van der Waals surface area contributed by atoms with E-state index in [1.165, 1.54) is 25.3 Å². The molecule has 0 bridgehead atoms. The largest absolute Gasteiger partial charge is 0.494 e. The van der Waals surface area contributed by atoms with Crippen LogP contribution in [0.1, 0.15) is 22.8 Å². The van der Waals surface area contributed by atoms with Gasteiger partial charge >= 0.3 is 5.97 Å². The fraction of sp³-hybridized carbons (Fsp3) is 0.125. The van der Waals surface area contributed by atoms with E-state index in [0.29, 0.717) is 17.0 Å². The molecule has 0 unspecified atom stereocenters. The van der Waals surface area contributed by atoms with E-state index in [9.17, 15) is 9.18 Å². The second-order valence-corrected chi connectivity index (χ2v) is 4.51. The smallest absolute Gasteiger partial charge is 0.337 e. The molecule has 0 saturated carbocycles. The summed E-state index contributed by atoms with van der Waals surface area (Å²) in [6, 6.07) is 10.9. The lowest BCUT2D eigenvalue weighted by atomic mass is 10.1. The molecule has 0 aromatic heterocycles. The summed E-state index contributed by atoms with van der Waals surface area (Å²) in [6.45, 7) is 1.69. The molecule has 22 heavy (non-hydrogen) atoms. The van der Waals surface area contributed by atoms with Crippen LogP contribution < -0.4 is 10.2 Å². The van der Waals surface area contributed by atoms with Gasteiger partial charge in [-0.15, -0.1) is 0 Å². The van der Waals surface area contributed by atoms with Gasteiger partial charge in [-0.3, -0.25) is 5.43 Å². The lowest BCUT2D eigenvalue weighted by Crippen LogP contribution is -2.05. The second-order valence-electron chi connectivity index (χ2n) is 4.51. The van der Waals surface area contributed by atoms with Crippen LogP contribution in [0.3, 0.4) is 0 Å². The maximum Gasteiger partial charge on any atom is 0.337 e. The summed E-state index contributed by atoms with van der Waals surface area (Å²) >= 11 is 0. The number of hydrogen-bond donors (Lipinski definition) is 2. The monoisotopic (exact) mass is 302 g/mol. The zero-order valence-electron chi connectivity index (χ0n) is 12.1. The SMILES string of the molecule is COc1ccc(C(C)=NNc2ccccc2C(=O)O)cc1F. The first-order valence-electron chi connectivity index (χ1n) is 6.49. The average molecular weight is 302 g/mol. The number of hydrazone groups is 1. The number of ether oxygens (including phenoxy) is 1. The van der Waals surface area contributed by atoms with Crippen molar-refractivity contribution in [3.8, 4) is 5.75 Å². The van der Waals surface area contributed by atoms with Gasteiger partial charge in [0.2, 0.25) is 0 Å². The number of carboxylic acids is 1. The lowest BCUT2D eigenvalue weighted by molar-refractivity contribution is 0.0698. The van der Waals surface area contributed by atoms with E-state index in [1.807, 2.05) is 0 Å². The highest BCUT2D eigenvalue weighted by atomic mass is 19.1. The van der Waals surface area contributed by atoms with Crippen molar-refractivity contribution in [1.29, 1.82) is 0 Å². The fourth-order valence-electron chi connectivity index (χ4n) is 1.87. The van der Waals surface area contributed by atoms with E-state index < -0.39 is 11.8 Å². The van der Waals surface area contributed by atoms with E-state index in [2.05, 4.69) is 10.5 Å². The highest BCUT2D eigenvalue weighted by molar-refractivity contribution is 6.00. The molecular weight excluding hydrogens is 287 g/mol. The number of carbonyl (C=O) groups is 1. The summed E-state index contributed by atoms with van der Waals surface area (Å²) in [7, 11) is 1.39. The number of halogens is 1. The maximum absolute atomic E-state index is 13.7. The highest BCUT2D eigenvalue weighted by Crippen LogP contribution is 2.19. The van der Waals surface area contributed by atoms with Crippen LogP contribution in [-0.4, -0.2) is 23.9 Å². The molecule has 0 heterocycles. The summed E-state index contributed by atoms with van der Waals surface area (Å²) in [6.07, 6.45) is 0. The predicted molar refractivity (Wildman–Crippen MR) is 82.2 cm³/mol. The quantitative estimate of drug-likeness (QED) is 0.656. The van der Waals surface area contributed by atoms with Gasteiger partial charge in [0.1, 0.15) is 0 Å². The van der Waals surface area contributed by atoms with E-state index in [-0.39, 0.29) is 11.3 Å². The number of para-hydroxylation sites is 1. The molecule has 0 aliphatic carbocycles. The Hall–Kier alpha value is -2.89. The summed E-state index contributed by atoms with van der Waals surface area (Å²) in [5, 5.41) is 13.2. The van der Waals surface area contributed by atoms with Crippen LogP contribution in [0.15, 0.2) is 47.6 Å². The maximum atomic E-state index is 13.7. The van der Waals surface area contributed by atoms with Gasteiger partial charge in [-0.25, -0.2) is 9.18 Å². The molecular formula is C16H15FN2O3. The van der Waals surface area contributed by atoms with Crippen LogP contribution in [0, 0.1) is 5.82 Å². The number of benzene rings is 2. The molecule has 2 aromatic rings. The van der Waals surface area contributed by atoms with Gasteiger partial charge in [-0.05, 0) is 37.3 Å². The minimum Gasteiger partial charge on any atom is -0.494 e. The Morgan fingerprint density at radius 1 is 1.27 bits per heavy atom. The minimum atomic E-state index is -1.05. The number of carboxylic acid groups (broad SMARTS) is 1. The Balaban J connectivity index is 2.23. The van der Waals surface area contributed by atoms with Crippen molar-refractivity contribution in [1.82, 2.24) is 0 Å². The Morgan fingerprint density at radius 2 is 2.00 bits per heavy atom. The molecule has 5 nitrogen and oxygen atoms in total. The lowest BCUT2D eigenvalue weighted by Gasteiger charge is -2.07. The molecule has 0 amide bonds. The first-order valence-corrected chi connectivity index (χ1v) is 6.49. The Bertz CT molecular complexity index is 729. The van der Waals surface area contributed by atoms with E-state index in [0.717, 1.165) is 0 Å². The third-order valence-corrected chi connectivity index (χ3v) is 3.07. The molecule has 0 aliphatic rings. The van der Waals surface area contributed by atoms with E-state index in [4.69, 9.17) is 9.84 Å². The molecule has 0 saturated heterocycles. The van der Waals surface area contributed by atoms with Crippen LogP contribution in [-0.2, 0) is 0 Å². The van der Waals surface area contributed by atoms with Crippen molar-refractivity contribution in [3.05, 3.63) is 59.4 Å². The topological polar surface area (TPSA) is 70.9 Å². The van der Waals surface area contributed by atoms with Gasteiger partial charge in [0.15, 0.2) is 11.6 Å². The molecule has 0 spiro atoms. The number of rotatable bonds is 5. The number of methoxy groups -OCH3 is 1. The fourth-order valence-corrected chi connectivity index (χ4v) is 1.87. The van der Waals surface area contributed by atoms with Crippen molar-refractivity contribution in [2.45, 2.75) is 6.92 Å². The van der Waals surface area contributed by atoms with Crippen molar-refractivity contribution in [2.75, 3.05) is 12.5 Å². The Labute approximate surface area is 127 Å². The van der Waals surface area contributed by atoms with Gasteiger partial charge in [-0.1, -0.05) is 12.1 Å². The number of nitrogens with one attached hydrogen (secondary N) is 1. The normalized spacial score (nSPS) is 11.1. The summed E-state index contributed by atoms with van der Waals surface area (Å²) in [5.41, 5.74) is 4.25. The van der Waals surface area contributed by atoms with Crippen LogP contribution in [0.4, 0.5) is 10.1 Å². The van der Waals surface area contributed by atoms with Gasteiger partial charge in [-0.2, -0.15) is 5.10 Å². The van der Waals surface area contributed by atoms with Crippen molar-refractivity contribution in [3.63, 3.8) is 0 Å². The summed E-state index contributed by atoms with van der Waals surface area (Å²) < 4.78 is 18.5. The number of nitrogens with zero attached hydrogens (tertiary/aromatic N) is 1. The minimum absolute atomic E-state index is 0.111. The van der Waals surface area contributed by atoms with Gasteiger partial charge in [0.25, 0.3) is 0 Å². The van der Waals surface area contributed by atoms with Gasteiger partial charge in [0.05, 0.1) is 24.1 Å². The molecule has 2 aromatic carbocycles. The molecule has 2 rings (SSSR count). The van der Waals surface area contributed by atoms with Gasteiger partial charge < -0.3 is 9.84 Å². The van der Waals surface area contributed by atoms with Crippen molar-refractivity contribution < 1.29 is 19.0 Å². The molecule has 6 heteroatoms. The molecule has 0 aliphatic heterocycles. The van der Waals surface area contributed by atoms with Crippen LogP contribution in [0.5, 0.6) is 5.75 Å². The third-order valence-electron chi connectivity index (χ3n) is 3.07. The average Bonchev–Trinajstić information content (AvgIpc) is 2.52. The molecule has 0 radical (unpaired) electrons. The molecule has 0 fully saturated rings. The van der Waals surface area contributed by atoms with E-state index >= 15 is 0 Å². The number of aromatic carboxylic acids is 1. The van der Waals surface area contributed by atoms with Crippen molar-refractivity contribution in [2.24, 2.45) is 5.10 Å². The predicted octanol–water partition coefficient (Wildman–Crippen LogP) is 3.37. The molecule has 114 valence electrons. The highest BCUT2D eigenvalue weighted by Gasteiger charge is 2.09. The zero-order valence-corrected chi connectivity index (χ0v) is 12.1. The Morgan fingerprint density at radius 3 is 2.64 bits per heavy atom. The second kappa shape index (κ2) is 6.71. The first kappa shape index (κ1) is 15.5. The van der Waals surface area contributed by atoms with Crippen molar-refractivity contribution >= 4 is 17.4 Å². The zero-order chi connectivity index (χ0) is 16.1. The van der Waals surface area contributed by atoms with Crippen LogP contribution in [0.25, 0.3) is 0 Å². The van der Waals surface area contributed by atoms with Gasteiger partial charge in [0, 0.05) is 5.56 Å². The first-order chi connectivity index (χ1) is 10.5. The molecule has 0 atom stereocenters. The standard InChI is InChI=1S/C16H15FN2O3/c1-10(11-7-8-15(22-2)13(17)9-11)18-19-14-6-4-3-5-12(14)16(20)21/h3-9,19H,1-2H3,(H,20,21). The Kier molecular flexibility index (Phi) is 4.73. The van der Waals surface area contributed by atoms with Crippen LogP contribution >= 0.6 is 0 Å². The molecule has 2 N–H and O–H groups in total. The van der Waals surface area contributed by atoms with E-state index in [1.54, 1.807) is 31.2 Å². The summed E-state index contributed by atoms with van der Waals surface area (Å²) in [5.74, 6) is -1.38. The summed E-state index contributed by atoms with van der Waals surface area (Å²) in [4.78, 5) is 11.1. The van der Waals surface area contributed by atoms with Crippen LogP contribution in [0.2, 0.25) is 0 Å². The number of hydrogen-bond acceptors (Lipinski definition) is 4.